The molecule has 1 aromatic carbocycles. The summed E-state index contributed by atoms with van der Waals surface area (Å²) < 4.78 is 13.9. The molecule has 0 saturated carbocycles. The summed E-state index contributed by atoms with van der Waals surface area (Å²) in [5.41, 5.74) is 0.329. The van der Waals surface area contributed by atoms with Crippen molar-refractivity contribution in [1.82, 2.24) is 4.90 Å². The largest absolute Gasteiger partial charge is 0.386 e. The predicted octanol–water partition coefficient (Wildman–Crippen LogP) is 4.09. The summed E-state index contributed by atoms with van der Waals surface area (Å²) in [5, 5.41) is 10.0. The highest BCUT2D eigenvalue weighted by Gasteiger charge is 2.17. The molecule has 0 heterocycles. The first-order valence-corrected chi connectivity index (χ1v) is 7.86. The predicted molar refractivity (Wildman–Crippen MR) is 94.3 cm³/mol. The number of nitrogens with zero attached hydrogens (tertiary/aromatic N) is 1. The number of benzene rings is 1. The van der Waals surface area contributed by atoms with Crippen LogP contribution < -0.4 is 0 Å². The van der Waals surface area contributed by atoms with Crippen LogP contribution in [0.2, 0.25) is 0 Å². The lowest BCUT2D eigenvalue weighted by Gasteiger charge is -2.20. The van der Waals surface area contributed by atoms with E-state index in [1.54, 1.807) is 26.0 Å². The highest BCUT2D eigenvalue weighted by molar-refractivity contribution is 5.28. The molecule has 1 N–H and O–H groups in total. The van der Waals surface area contributed by atoms with Crippen molar-refractivity contribution in [2.75, 3.05) is 13.6 Å². The van der Waals surface area contributed by atoms with Crippen molar-refractivity contribution >= 4 is 0 Å². The van der Waals surface area contributed by atoms with Crippen molar-refractivity contribution in [2.45, 2.75) is 46.8 Å². The van der Waals surface area contributed by atoms with Crippen LogP contribution in [0.15, 0.2) is 30.4 Å². The summed E-state index contributed by atoms with van der Waals surface area (Å²) in [6, 6.07) is 4.77. The van der Waals surface area contributed by atoms with Gasteiger partial charge in [0.2, 0.25) is 0 Å². The monoisotopic (exact) mass is 317 g/mol. The van der Waals surface area contributed by atoms with Crippen LogP contribution in [0.3, 0.4) is 0 Å². The minimum atomic E-state index is -0.969. The van der Waals surface area contributed by atoms with Crippen LogP contribution in [0.4, 0.5) is 4.39 Å². The average Bonchev–Trinajstić information content (AvgIpc) is 2.38. The molecular formula is C20H28FNO. The summed E-state index contributed by atoms with van der Waals surface area (Å²) in [5.74, 6) is 5.91. The van der Waals surface area contributed by atoms with Gasteiger partial charge in [0, 0.05) is 24.1 Å². The molecule has 0 aliphatic heterocycles. The molecule has 0 bridgehead atoms. The minimum Gasteiger partial charge on any atom is -0.386 e. The average molecular weight is 317 g/mol. The Morgan fingerprint density at radius 1 is 1.22 bits per heavy atom. The van der Waals surface area contributed by atoms with Gasteiger partial charge in [-0.1, -0.05) is 24.0 Å². The zero-order valence-electron chi connectivity index (χ0n) is 15.1. The molecule has 0 radical (unpaired) electrons. The van der Waals surface area contributed by atoms with E-state index in [4.69, 9.17) is 0 Å². The molecule has 0 fully saturated rings. The molecule has 0 aliphatic carbocycles. The molecule has 0 saturated heterocycles. The molecule has 23 heavy (non-hydrogen) atoms. The third kappa shape index (κ3) is 7.45. The fraction of sp³-hybridized carbons (Fsp3) is 0.500. The molecular weight excluding hydrogens is 289 g/mol. The van der Waals surface area contributed by atoms with E-state index >= 15 is 0 Å². The molecule has 0 spiro atoms. The van der Waals surface area contributed by atoms with Gasteiger partial charge in [0.25, 0.3) is 0 Å². The van der Waals surface area contributed by atoms with E-state index < -0.39 is 5.60 Å². The first-order chi connectivity index (χ1) is 10.5. The maximum Gasteiger partial charge on any atom is 0.127 e. The fourth-order valence-electron chi connectivity index (χ4n) is 1.98. The van der Waals surface area contributed by atoms with Crippen molar-refractivity contribution in [3.05, 3.63) is 47.3 Å². The number of aliphatic hydroxyl groups is 1. The summed E-state index contributed by atoms with van der Waals surface area (Å²) in [6.45, 7) is 10.8. The Balaban J connectivity index is 2.69. The highest BCUT2D eigenvalue weighted by Crippen LogP contribution is 2.22. The van der Waals surface area contributed by atoms with Crippen molar-refractivity contribution in [2.24, 2.45) is 5.41 Å². The Bertz CT molecular complexity index is 609. The lowest BCUT2D eigenvalue weighted by Crippen LogP contribution is -2.20. The van der Waals surface area contributed by atoms with Gasteiger partial charge in [0.1, 0.15) is 5.82 Å². The first-order valence-electron chi connectivity index (χ1n) is 7.86. The summed E-state index contributed by atoms with van der Waals surface area (Å²) in [4.78, 5) is 2.00. The molecule has 0 atom stereocenters. The first kappa shape index (κ1) is 19.4. The molecule has 0 aliphatic rings. The van der Waals surface area contributed by atoms with Gasteiger partial charge in [0.05, 0.1) is 5.60 Å². The van der Waals surface area contributed by atoms with Gasteiger partial charge < -0.3 is 5.11 Å². The van der Waals surface area contributed by atoms with Crippen LogP contribution in [-0.4, -0.2) is 23.6 Å². The molecule has 0 amide bonds. The Morgan fingerprint density at radius 3 is 2.43 bits per heavy atom. The minimum absolute atomic E-state index is 0.00307. The van der Waals surface area contributed by atoms with E-state index in [0.29, 0.717) is 24.2 Å². The van der Waals surface area contributed by atoms with Gasteiger partial charge in [-0.2, -0.15) is 0 Å². The van der Waals surface area contributed by atoms with Crippen LogP contribution in [0.5, 0.6) is 0 Å². The summed E-state index contributed by atoms with van der Waals surface area (Å²) >= 11 is 0. The van der Waals surface area contributed by atoms with E-state index in [0.717, 1.165) is 0 Å². The van der Waals surface area contributed by atoms with Gasteiger partial charge in [0.15, 0.2) is 0 Å². The summed E-state index contributed by atoms with van der Waals surface area (Å²) in [6.07, 6.45) is 3.81. The van der Waals surface area contributed by atoms with E-state index in [2.05, 4.69) is 32.6 Å². The molecule has 1 aromatic rings. The van der Waals surface area contributed by atoms with Gasteiger partial charge in [-0.3, -0.25) is 4.90 Å². The fourth-order valence-corrected chi connectivity index (χ4v) is 1.98. The zero-order chi connectivity index (χ0) is 17.7. The highest BCUT2D eigenvalue weighted by atomic mass is 19.1. The van der Waals surface area contributed by atoms with Gasteiger partial charge in [-0.05, 0) is 65.4 Å². The van der Waals surface area contributed by atoms with E-state index in [9.17, 15) is 9.50 Å². The van der Waals surface area contributed by atoms with Crippen LogP contribution in [0.1, 0.15) is 45.7 Å². The van der Waals surface area contributed by atoms with Crippen LogP contribution in [0, 0.1) is 23.1 Å². The Hall–Kier alpha value is -1.63. The molecule has 0 unspecified atom stereocenters. The normalized spacial score (nSPS) is 12.6. The number of hydrogen-bond donors (Lipinski definition) is 1. The Kier molecular flexibility index (Phi) is 6.56. The van der Waals surface area contributed by atoms with Crippen LogP contribution in [-0.2, 0) is 12.1 Å². The number of hydrogen-bond acceptors (Lipinski definition) is 2. The van der Waals surface area contributed by atoms with Gasteiger partial charge >= 0.3 is 0 Å². The molecule has 2 nitrogen and oxygen atoms in total. The molecule has 1 rings (SSSR count). The SMILES string of the molecule is CN(C/C=C/C#CC(C)(C)C)Cc1cc(C(C)(C)O)ccc1F. The lowest BCUT2D eigenvalue weighted by atomic mass is 9.96. The van der Waals surface area contributed by atoms with Crippen molar-refractivity contribution in [3.63, 3.8) is 0 Å². The van der Waals surface area contributed by atoms with Crippen molar-refractivity contribution < 1.29 is 9.50 Å². The molecule has 0 aromatic heterocycles. The quantitative estimate of drug-likeness (QED) is 0.827. The van der Waals surface area contributed by atoms with Gasteiger partial charge in [-0.15, -0.1) is 0 Å². The Morgan fingerprint density at radius 2 is 1.87 bits per heavy atom. The number of allylic oxidation sites excluding steroid dienone is 1. The number of halogens is 1. The standard InChI is InChI=1S/C20H28FNO/c1-19(2,3)12-8-7-9-13-22(6)15-16-14-17(20(4,5)23)10-11-18(16)21/h7,9-11,14,23H,13,15H2,1-6H3/b9-7+. The number of rotatable bonds is 5. The Labute approximate surface area is 140 Å². The van der Waals surface area contributed by atoms with Crippen molar-refractivity contribution in [3.8, 4) is 11.8 Å². The number of likely N-dealkylation sites (N-methyl/N-ethyl adjacent to an activating group) is 1. The van der Waals surface area contributed by atoms with Crippen molar-refractivity contribution in [1.29, 1.82) is 0 Å². The maximum absolute atomic E-state index is 13.9. The topological polar surface area (TPSA) is 23.5 Å². The van der Waals surface area contributed by atoms with Crippen LogP contribution >= 0.6 is 0 Å². The third-order valence-corrected chi connectivity index (χ3v) is 3.26. The van der Waals surface area contributed by atoms with E-state index in [1.165, 1.54) is 6.07 Å². The second-order valence-electron chi connectivity index (χ2n) is 7.48. The smallest absolute Gasteiger partial charge is 0.127 e. The third-order valence-electron chi connectivity index (χ3n) is 3.26. The maximum atomic E-state index is 13.9. The second-order valence-corrected chi connectivity index (χ2v) is 7.48. The van der Waals surface area contributed by atoms with E-state index in [-0.39, 0.29) is 11.2 Å². The summed E-state index contributed by atoms with van der Waals surface area (Å²) in [7, 11) is 1.93. The second kappa shape index (κ2) is 7.77. The van der Waals surface area contributed by atoms with Gasteiger partial charge in [-0.25, -0.2) is 4.39 Å². The van der Waals surface area contributed by atoms with Crippen LogP contribution in [0.25, 0.3) is 0 Å². The molecule has 3 heteroatoms. The lowest BCUT2D eigenvalue weighted by molar-refractivity contribution is 0.0783. The zero-order valence-corrected chi connectivity index (χ0v) is 15.1. The van der Waals surface area contributed by atoms with E-state index in [1.807, 2.05) is 24.1 Å². The molecule has 126 valence electrons.